The highest BCUT2D eigenvalue weighted by Gasteiger charge is 2.43. The molecule has 5 nitrogen and oxygen atoms in total. The molecule has 0 saturated heterocycles. The van der Waals surface area contributed by atoms with Crippen molar-refractivity contribution in [2.75, 3.05) is 16.8 Å². The molecule has 0 saturated carbocycles. The van der Waals surface area contributed by atoms with E-state index in [2.05, 4.69) is 19.2 Å². The van der Waals surface area contributed by atoms with Gasteiger partial charge in [-0.2, -0.15) is 0 Å². The number of fused-ring (bicyclic) bond motifs is 1. The van der Waals surface area contributed by atoms with E-state index in [1.165, 1.54) is 0 Å². The quantitative estimate of drug-likeness (QED) is 0.474. The van der Waals surface area contributed by atoms with Crippen LogP contribution in [0.1, 0.15) is 55.6 Å². The summed E-state index contributed by atoms with van der Waals surface area (Å²) in [6.07, 6.45) is 1.16. The Labute approximate surface area is 206 Å². The predicted molar refractivity (Wildman–Crippen MR) is 139 cm³/mol. The molecule has 3 aromatic carbocycles. The molecule has 5 rings (SSSR count). The molecule has 35 heavy (non-hydrogen) atoms. The summed E-state index contributed by atoms with van der Waals surface area (Å²) in [7, 11) is 0. The fourth-order valence-corrected chi connectivity index (χ4v) is 5.16. The van der Waals surface area contributed by atoms with E-state index in [9.17, 15) is 9.59 Å². The number of para-hydroxylation sites is 2. The Bertz CT molecular complexity index is 1290. The van der Waals surface area contributed by atoms with Gasteiger partial charge in [-0.15, -0.1) is 0 Å². The van der Waals surface area contributed by atoms with Crippen LogP contribution in [0.5, 0.6) is 5.75 Å². The summed E-state index contributed by atoms with van der Waals surface area (Å²) in [5.74, 6) is 0.682. The molecule has 1 aliphatic heterocycles. The molecule has 1 aliphatic carbocycles. The number of hydrogen-bond donors (Lipinski definition) is 1. The molecule has 3 aromatic rings. The molecule has 1 N–H and O–H groups in total. The second-order valence-electron chi connectivity index (χ2n) is 9.92. The monoisotopic (exact) mass is 466 g/mol. The molecule has 178 valence electrons. The van der Waals surface area contributed by atoms with Crippen molar-refractivity contribution < 1.29 is 14.3 Å². The first-order valence-corrected chi connectivity index (χ1v) is 12.1. The number of ketones is 1. The maximum absolute atomic E-state index is 14.1. The van der Waals surface area contributed by atoms with Gasteiger partial charge in [0.15, 0.2) is 5.78 Å². The van der Waals surface area contributed by atoms with Gasteiger partial charge in [-0.1, -0.05) is 56.3 Å². The number of Topliss-reactive ketones (excluding diaryl/α,β-unsaturated/α-hetero) is 1. The van der Waals surface area contributed by atoms with Crippen molar-refractivity contribution >= 4 is 23.1 Å². The van der Waals surface area contributed by atoms with Crippen LogP contribution in [0.2, 0.25) is 0 Å². The third-order valence-electron chi connectivity index (χ3n) is 6.65. The number of rotatable bonds is 4. The van der Waals surface area contributed by atoms with Gasteiger partial charge < -0.3 is 10.1 Å². The van der Waals surface area contributed by atoms with Crippen molar-refractivity contribution in [3.8, 4) is 5.75 Å². The highest BCUT2D eigenvalue weighted by Crippen LogP contribution is 2.48. The van der Waals surface area contributed by atoms with E-state index >= 15 is 0 Å². The Kier molecular flexibility index (Phi) is 5.93. The summed E-state index contributed by atoms with van der Waals surface area (Å²) >= 11 is 0. The van der Waals surface area contributed by atoms with E-state index in [-0.39, 0.29) is 17.1 Å². The molecule has 5 heteroatoms. The molecule has 2 aliphatic rings. The molecule has 1 amide bonds. The predicted octanol–water partition coefficient (Wildman–Crippen LogP) is 6.54. The fourth-order valence-electron chi connectivity index (χ4n) is 5.16. The van der Waals surface area contributed by atoms with E-state index in [1.807, 2.05) is 85.8 Å². The van der Waals surface area contributed by atoms with Crippen LogP contribution in [0.4, 0.5) is 11.4 Å². The van der Waals surface area contributed by atoms with Crippen LogP contribution in [0.3, 0.4) is 0 Å². The maximum atomic E-state index is 14.1. The molecule has 0 radical (unpaired) electrons. The summed E-state index contributed by atoms with van der Waals surface area (Å²) < 4.78 is 5.66. The van der Waals surface area contributed by atoms with E-state index in [0.717, 1.165) is 34.8 Å². The molecule has 0 aromatic heterocycles. The third-order valence-corrected chi connectivity index (χ3v) is 6.65. The maximum Gasteiger partial charge on any atom is 0.259 e. The van der Waals surface area contributed by atoms with Crippen molar-refractivity contribution in [1.82, 2.24) is 0 Å². The number of carbonyl (C=O) groups excluding carboxylic acids is 2. The van der Waals surface area contributed by atoms with E-state index in [0.29, 0.717) is 24.2 Å². The molecule has 0 fully saturated rings. The first-order chi connectivity index (χ1) is 16.9. The molecular formula is C30H30N2O3. The Balaban J connectivity index is 1.75. The zero-order chi connectivity index (χ0) is 24.6. The van der Waals surface area contributed by atoms with Crippen molar-refractivity contribution in [3.05, 3.63) is 101 Å². The standard InChI is InChI=1S/C30H30N2O3/c1-4-35-22-16-14-20(15-17-22)28-27-24(18-30(2,3)19-26(27)33)31-23-12-8-9-13-25(23)32(28)29(34)21-10-6-5-7-11-21/h5-17,28,31H,4,18-19H2,1-3H3/t28-/m1/s1. The number of allylic oxidation sites excluding steroid dienone is 1. The van der Waals surface area contributed by atoms with Crippen LogP contribution in [-0.4, -0.2) is 18.3 Å². The van der Waals surface area contributed by atoms with E-state index in [4.69, 9.17) is 4.74 Å². The van der Waals surface area contributed by atoms with Crippen molar-refractivity contribution in [2.24, 2.45) is 5.41 Å². The topological polar surface area (TPSA) is 58.6 Å². The zero-order valence-electron chi connectivity index (χ0n) is 20.4. The Morgan fingerprint density at radius 1 is 0.971 bits per heavy atom. The van der Waals surface area contributed by atoms with Crippen LogP contribution >= 0.6 is 0 Å². The zero-order valence-corrected chi connectivity index (χ0v) is 20.4. The summed E-state index contributed by atoms with van der Waals surface area (Å²) in [6.45, 7) is 6.75. The van der Waals surface area contributed by atoms with Crippen LogP contribution in [0.25, 0.3) is 0 Å². The number of amides is 1. The van der Waals surface area contributed by atoms with Gasteiger partial charge in [-0.05, 0) is 60.7 Å². The fraction of sp³-hybridized carbons (Fsp3) is 0.267. The summed E-state index contributed by atoms with van der Waals surface area (Å²) in [5, 5.41) is 3.56. The summed E-state index contributed by atoms with van der Waals surface area (Å²) in [4.78, 5) is 29.6. The second kappa shape index (κ2) is 9.06. The summed E-state index contributed by atoms with van der Waals surface area (Å²) in [5.41, 5.74) is 4.40. The van der Waals surface area contributed by atoms with Gasteiger partial charge >= 0.3 is 0 Å². The highest BCUT2D eigenvalue weighted by atomic mass is 16.5. The Morgan fingerprint density at radius 3 is 2.37 bits per heavy atom. The molecule has 0 bridgehead atoms. The Morgan fingerprint density at radius 2 is 1.66 bits per heavy atom. The number of benzene rings is 3. The molecule has 0 spiro atoms. The number of anilines is 2. The van der Waals surface area contributed by atoms with Gasteiger partial charge in [0.05, 0.1) is 24.0 Å². The van der Waals surface area contributed by atoms with E-state index < -0.39 is 6.04 Å². The highest BCUT2D eigenvalue weighted by molar-refractivity contribution is 6.12. The molecule has 1 heterocycles. The third kappa shape index (κ3) is 4.34. The SMILES string of the molecule is CCOc1ccc([C@@H]2C3=C(CC(C)(C)CC3=O)Nc3ccccc3N2C(=O)c2ccccc2)cc1. The lowest BCUT2D eigenvalue weighted by atomic mass is 9.73. The van der Waals surface area contributed by atoms with Crippen LogP contribution in [-0.2, 0) is 4.79 Å². The Hall–Kier alpha value is -3.86. The van der Waals surface area contributed by atoms with Gasteiger partial charge in [0, 0.05) is 23.3 Å². The van der Waals surface area contributed by atoms with Gasteiger partial charge in [0.25, 0.3) is 5.91 Å². The molecule has 1 atom stereocenters. The van der Waals surface area contributed by atoms with Crippen molar-refractivity contribution in [3.63, 3.8) is 0 Å². The number of nitrogens with one attached hydrogen (secondary N) is 1. The number of carbonyl (C=O) groups is 2. The lowest BCUT2D eigenvalue weighted by molar-refractivity contribution is -0.118. The minimum atomic E-state index is -0.562. The minimum Gasteiger partial charge on any atom is -0.494 e. The summed E-state index contributed by atoms with van der Waals surface area (Å²) in [6, 6.07) is 24.2. The minimum absolute atomic E-state index is 0.0707. The van der Waals surface area contributed by atoms with Gasteiger partial charge in [-0.25, -0.2) is 0 Å². The number of ether oxygens (including phenoxy) is 1. The van der Waals surface area contributed by atoms with Crippen LogP contribution < -0.4 is 15.0 Å². The number of nitrogens with zero attached hydrogens (tertiary/aromatic N) is 1. The molecular weight excluding hydrogens is 436 g/mol. The van der Waals surface area contributed by atoms with E-state index in [1.54, 1.807) is 4.90 Å². The lowest BCUT2D eigenvalue weighted by Crippen LogP contribution is -2.39. The smallest absolute Gasteiger partial charge is 0.259 e. The van der Waals surface area contributed by atoms with Gasteiger partial charge in [-0.3, -0.25) is 14.5 Å². The number of hydrogen-bond acceptors (Lipinski definition) is 4. The normalized spacial score (nSPS) is 18.8. The second-order valence-corrected chi connectivity index (χ2v) is 9.92. The lowest BCUT2D eigenvalue weighted by Gasteiger charge is -2.37. The average Bonchev–Trinajstić information content (AvgIpc) is 2.98. The first-order valence-electron chi connectivity index (χ1n) is 12.1. The van der Waals surface area contributed by atoms with Crippen molar-refractivity contribution in [1.29, 1.82) is 0 Å². The average molecular weight is 467 g/mol. The first kappa shape index (κ1) is 22.9. The van der Waals surface area contributed by atoms with Gasteiger partial charge in [0.2, 0.25) is 0 Å². The van der Waals surface area contributed by atoms with Crippen LogP contribution in [0, 0.1) is 5.41 Å². The molecule has 0 unspecified atom stereocenters. The van der Waals surface area contributed by atoms with Crippen LogP contribution in [0.15, 0.2) is 90.1 Å². The van der Waals surface area contributed by atoms with Crippen molar-refractivity contribution in [2.45, 2.75) is 39.7 Å². The van der Waals surface area contributed by atoms with Gasteiger partial charge in [0.1, 0.15) is 5.75 Å². The largest absolute Gasteiger partial charge is 0.494 e.